The predicted molar refractivity (Wildman–Crippen MR) is 77.6 cm³/mol. The molecule has 0 saturated carbocycles. The van der Waals surface area contributed by atoms with Gasteiger partial charge in [0.25, 0.3) is 0 Å². The number of halogens is 1. The lowest BCUT2D eigenvalue weighted by molar-refractivity contribution is 0.275. The molecule has 1 heterocycles. The summed E-state index contributed by atoms with van der Waals surface area (Å²) in [6, 6.07) is 5.04. The third kappa shape index (κ3) is 3.66. The Kier molecular flexibility index (Phi) is 5.05. The molecule has 0 unspecified atom stereocenters. The van der Waals surface area contributed by atoms with Gasteiger partial charge in [0.05, 0.1) is 12.3 Å². The van der Waals surface area contributed by atoms with E-state index in [0.717, 1.165) is 5.56 Å². The van der Waals surface area contributed by atoms with Crippen molar-refractivity contribution in [1.82, 2.24) is 9.97 Å². The molecule has 2 rings (SSSR count). The van der Waals surface area contributed by atoms with Crippen LogP contribution in [0.1, 0.15) is 23.7 Å². The summed E-state index contributed by atoms with van der Waals surface area (Å²) in [6.45, 7) is 2.11. The Morgan fingerprint density at radius 2 is 2.10 bits per heavy atom. The fraction of sp³-hybridized carbons (Fsp3) is 0.333. The number of phenols is 1. The van der Waals surface area contributed by atoms with Crippen LogP contribution in [-0.4, -0.2) is 26.7 Å². The maximum atomic E-state index is 13.9. The van der Waals surface area contributed by atoms with E-state index in [-0.39, 0.29) is 18.2 Å². The van der Waals surface area contributed by atoms with Gasteiger partial charge in [-0.2, -0.15) is 0 Å². The lowest BCUT2D eigenvalue weighted by Crippen LogP contribution is -2.10. The van der Waals surface area contributed by atoms with E-state index >= 15 is 0 Å². The third-order valence-electron chi connectivity index (χ3n) is 3.22. The lowest BCUT2D eigenvalue weighted by atomic mass is 10.1. The minimum absolute atomic E-state index is 0.0728. The molecule has 112 valence electrons. The van der Waals surface area contributed by atoms with Crippen LogP contribution in [0.4, 0.5) is 10.2 Å². The molecule has 1 aromatic carbocycles. The molecule has 0 aliphatic rings. The van der Waals surface area contributed by atoms with Gasteiger partial charge in [-0.25, -0.2) is 14.4 Å². The van der Waals surface area contributed by atoms with Crippen LogP contribution in [0.5, 0.6) is 5.75 Å². The lowest BCUT2D eigenvalue weighted by Gasteiger charge is -2.09. The molecule has 0 aliphatic carbocycles. The molecule has 0 spiro atoms. The molecule has 0 fully saturated rings. The van der Waals surface area contributed by atoms with Crippen molar-refractivity contribution in [2.75, 3.05) is 11.9 Å². The molecule has 5 nitrogen and oxygen atoms in total. The molecular weight excluding hydrogens is 273 g/mol. The Morgan fingerprint density at radius 1 is 1.29 bits per heavy atom. The highest BCUT2D eigenvalue weighted by molar-refractivity contribution is 5.39. The summed E-state index contributed by atoms with van der Waals surface area (Å²) >= 11 is 0. The molecule has 2 aromatic rings. The third-order valence-corrected chi connectivity index (χ3v) is 3.22. The maximum absolute atomic E-state index is 13.9. The number of nitrogens with zero attached hydrogens (tertiary/aromatic N) is 2. The average molecular weight is 291 g/mol. The van der Waals surface area contributed by atoms with E-state index in [1.54, 1.807) is 18.2 Å². The van der Waals surface area contributed by atoms with Crippen molar-refractivity contribution < 1.29 is 14.6 Å². The topological polar surface area (TPSA) is 78.3 Å². The monoisotopic (exact) mass is 291 g/mol. The summed E-state index contributed by atoms with van der Waals surface area (Å²) in [6.07, 6.45) is 2.48. The van der Waals surface area contributed by atoms with Crippen LogP contribution < -0.4 is 5.32 Å². The Morgan fingerprint density at radius 3 is 2.81 bits per heavy atom. The van der Waals surface area contributed by atoms with Crippen molar-refractivity contribution in [3.05, 3.63) is 47.2 Å². The smallest absolute Gasteiger partial charge is 0.186 e. The maximum Gasteiger partial charge on any atom is 0.186 e. The number of rotatable bonds is 6. The summed E-state index contributed by atoms with van der Waals surface area (Å²) in [7, 11) is 0. The summed E-state index contributed by atoms with van der Waals surface area (Å²) < 4.78 is 13.9. The normalized spacial score (nSPS) is 10.6. The molecule has 6 heteroatoms. The standard InChI is InChI=1S/C15H18FN3O2/c1-2-12-14(16)15(19-9-18-12)17-6-5-10-3-4-13(21)11(7-10)8-20/h3-4,7,9,20-21H,2,5-6,8H2,1H3,(H,17,18,19). The van der Waals surface area contributed by atoms with Gasteiger partial charge in [-0.1, -0.05) is 13.0 Å². The number of aliphatic hydroxyl groups excluding tert-OH is 1. The van der Waals surface area contributed by atoms with Gasteiger partial charge in [0, 0.05) is 12.1 Å². The molecule has 0 radical (unpaired) electrons. The summed E-state index contributed by atoms with van der Waals surface area (Å²) in [5.74, 6) is -0.145. The van der Waals surface area contributed by atoms with Gasteiger partial charge >= 0.3 is 0 Å². The minimum atomic E-state index is -0.415. The molecule has 0 amide bonds. The first-order valence-corrected chi connectivity index (χ1v) is 6.80. The van der Waals surface area contributed by atoms with Crippen LogP contribution in [0.3, 0.4) is 0 Å². The fourth-order valence-corrected chi connectivity index (χ4v) is 2.02. The van der Waals surface area contributed by atoms with Gasteiger partial charge in [0.15, 0.2) is 11.6 Å². The molecule has 0 saturated heterocycles. The van der Waals surface area contributed by atoms with Gasteiger partial charge in [0.1, 0.15) is 12.1 Å². The number of aryl methyl sites for hydroxylation is 1. The Bertz CT molecular complexity index is 620. The van der Waals surface area contributed by atoms with E-state index in [1.165, 1.54) is 6.33 Å². The molecule has 3 N–H and O–H groups in total. The Balaban J connectivity index is 1.98. The van der Waals surface area contributed by atoms with E-state index < -0.39 is 5.82 Å². The second kappa shape index (κ2) is 6.99. The largest absolute Gasteiger partial charge is 0.508 e. The van der Waals surface area contributed by atoms with E-state index in [0.29, 0.717) is 30.6 Å². The van der Waals surface area contributed by atoms with Crippen molar-refractivity contribution in [2.45, 2.75) is 26.4 Å². The average Bonchev–Trinajstić information content (AvgIpc) is 2.50. The molecule has 1 aromatic heterocycles. The van der Waals surface area contributed by atoms with Crippen molar-refractivity contribution in [1.29, 1.82) is 0 Å². The number of aliphatic hydroxyl groups is 1. The van der Waals surface area contributed by atoms with Gasteiger partial charge in [0.2, 0.25) is 0 Å². The number of benzene rings is 1. The number of anilines is 1. The highest BCUT2D eigenvalue weighted by Gasteiger charge is 2.09. The number of nitrogens with one attached hydrogen (secondary N) is 1. The predicted octanol–water partition coefficient (Wildman–Crippen LogP) is 2.03. The zero-order valence-corrected chi connectivity index (χ0v) is 11.8. The molecule has 0 aliphatic heterocycles. The zero-order chi connectivity index (χ0) is 15.2. The van der Waals surface area contributed by atoms with Gasteiger partial charge < -0.3 is 15.5 Å². The highest BCUT2D eigenvalue weighted by Crippen LogP contribution is 2.19. The number of aromatic nitrogens is 2. The SMILES string of the molecule is CCc1ncnc(NCCc2ccc(O)c(CO)c2)c1F. The van der Waals surface area contributed by atoms with Crippen LogP contribution in [-0.2, 0) is 19.4 Å². The summed E-state index contributed by atoms with van der Waals surface area (Å²) in [4.78, 5) is 7.76. The second-order valence-corrected chi connectivity index (χ2v) is 4.63. The van der Waals surface area contributed by atoms with E-state index in [4.69, 9.17) is 5.11 Å². The van der Waals surface area contributed by atoms with E-state index in [2.05, 4.69) is 15.3 Å². The number of aromatic hydroxyl groups is 1. The summed E-state index contributed by atoms with van der Waals surface area (Å²) in [5.41, 5.74) is 1.81. The van der Waals surface area contributed by atoms with Gasteiger partial charge in [-0.05, 0) is 30.5 Å². The summed E-state index contributed by atoms with van der Waals surface area (Å²) in [5, 5.41) is 21.5. The van der Waals surface area contributed by atoms with Gasteiger partial charge in [-0.15, -0.1) is 0 Å². The van der Waals surface area contributed by atoms with Crippen LogP contribution in [0, 0.1) is 5.82 Å². The fourth-order valence-electron chi connectivity index (χ4n) is 2.02. The number of hydrogen-bond acceptors (Lipinski definition) is 5. The van der Waals surface area contributed by atoms with E-state index in [9.17, 15) is 9.50 Å². The Hall–Kier alpha value is -2.21. The van der Waals surface area contributed by atoms with Crippen LogP contribution in [0.2, 0.25) is 0 Å². The molecule has 0 bridgehead atoms. The zero-order valence-electron chi connectivity index (χ0n) is 11.8. The molecule has 0 atom stereocenters. The first-order chi connectivity index (χ1) is 10.2. The Labute approximate surface area is 122 Å². The molecular formula is C15H18FN3O2. The number of hydrogen-bond donors (Lipinski definition) is 3. The first kappa shape index (κ1) is 15.2. The first-order valence-electron chi connectivity index (χ1n) is 6.80. The van der Waals surface area contributed by atoms with Crippen LogP contribution in [0.15, 0.2) is 24.5 Å². The minimum Gasteiger partial charge on any atom is -0.508 e. The van der Waals surface area contributed by atoms with Crippen LogP contribution in [0.25, 0.3) is 0 Å². The van der Waals surface area contributed by atoms with Crippen LogP contribution >= 0.6 is 0 Å². The highest BCUT2D eigenvalue weighted by atomic mass is 19.1. The second-order valence-electron chi connectivity index (χ2n) is 4.63. The van der Waals surface area contributed by atoms with Crippen molar-refractivity contribution in [3.8, 4) is 5.75 Å². The van der Waals surface area contributed by atoms with Crippen molar-refractivity contribution in [2.24, 2.45) is 0 Å². The molecule has 21 heavy (non-hydrogen) atoms. The van der Waals surface area contributed by atoms with Crippen molar-refractivity contribution in [3.63, 3.8) is 0 Å². The van der Waals surface area contributed by atoms with Gasteiger partial charge in [-0.3, -0.25) is 0 Å². The van der Waals surface area contributed by atoms with Crippen molar-refractivity contribution >= 4 is 5.82 Å². The quantitative estimate of drug-likeness (QED) is 0.759. The van der Waals surface area contributed by atoms with E-state index in [1.807, 2.05) is 6.92 Å².